The Bertz CT molecular complexity index is 1290. The highest BCUT2D eigenvalue weighted by Crippen LogP contribution is 2.36. The molecule has 0 saturated carbocycles. The van der Waals surface area contributed by atoms with Crippen LogP contribution in [-0.4, -0.2) is 41.4 Å². The number of aryl methyl sites for hydroxylation is 1. The molecule has 1 aromatic carbocycles. The molecule has 10 heteroatoms. The largest absolute Gasteiger partial charge is 0.494 e. The van der Waals surface area contributed by atoms with Gasteiger partial charge in [0.2, 0.25) is 0 Å². The van der Waals surface area contributed by atoms with Gasteiger partial charge in [0, 0.05) is 17.6 Å². The van der Waals surface area contributed by atoms with Gasteiger partial charge in [-0.1, -0.05) is 6.07 Å². The Kier molecular flexibility index (Phi) is 4.01. The summed E-state index contributed by atoms with van der Waals surface area (Å²) >= 11 is 0. The van der Waals surface area contributed by atoms with Crippen LogP contribution >= 0.6 is 0 Å². The zero-order valence-electron chi connectivity index (χ0n) is 16.6. The number of halogens is 1. The normalized spacial score (nSPS) is 20.2. The summed E-state index contributed by atoms with van der Waals surface area (Å²) in [6, 6.07) is 5.75. The molecule has 0 bridgehead atoms. The third-order valence-electron chi connectivity index (χ3n) is 5.61. The van der Waals surface area contributed by atoms with Crippen LogP contribution in [0.15, 0.2) is 34.9 Å². The zero-order valence-corrected chi connectivity index (χ0v) is 16.6. The number of hydrogen-bond acceptors (Lipinski definition) is 6. The lowest BCUT2D eigenvalue weighted by atomic mass is 9.95. The molecule has 158 valence electrons. The molecule has 0 unspecified atom stereocenters. The lowest BCUT2D eigenvalue weighted by Gasteiger charge is -2.29. The lowest BCUT2D eigenvalue weighted by Crippen LogP contribution is -2.52. The number of nitrogens with one attached hydrogen (secondary N) is 2. The number of fused-ring (bicyclic) bond motifs is 2. The van der Waals surface area contributed by atoms with E-state index in [1.54, 1.807) is 18.2 Å². The zero-order chi connectivity index (χ0) is 21.9. The molecule has 0 radical (unpaired) electrons. The van der Waals surface area contributed by atoms with Crippen LogP contribution in [0.3, 0.4) is 0 Å². The van der Waals surface area contributed by atoms with E-state index in [0.717, 1.165) is 5.69 Å². The summed E-state index contributed by atoms with van der Waals surface area (Å²) in [5.41, 5.74) is -0.122. The van der Waals surface area contributed by atoms with Crippen LogP contribution < -0.4 is 15.4 Å². The Hall–Kier alpha value is -3.95. The van der Waals surface area contributed by atoms with Crippen LogP contribution in [0.25, 0.3) is 11.0 Å². The van der Waals surface area contributed by atoms with Crippen LogP contribution in [0.1, 0.15) is 27.4 Å². The number of amides is 4. The lowest BCUT2D eigenvalue weighted by molar-refractivity contribution is -0.125. The summed E-state index contributed by atoms with van der Waals surface area (Å²) in [5, 5.41) is 5.50. The summed E-state index contributed by atoms with van der Waals surface area (Å²) < 4.78 is 25.5. The SMILES string of the molecule is COc1ccc2c(c1F)C(=O)N(C[C@@]1(c3cc4cc(C)ncc4o3)NC(=O)NC1=O)C2. The maximum atomic E-state index is 14.7. The average Bonchev–Trinajstić information content (AvgIpc) is 3.37. The van der Waals surface area contributed by atoms with E-state index in [9.17, 15) is 18.8 Å². The van der Waals surface area contributed by atoms with Crippen molar-refractivity contribution in [3.8, 4) is 5.75 Å². The fourth-order valence-corrected chi connectivity index (χ4v) is 4.09. The summed E-state index contributed by atoms with van der Waals surface area (Å²) in [6.45, 7) is 1.64. The molecule has 0 spiro atoms. The number of methoxy groups -OCH3 is 1. The summed E-state index contributed by atoms with van der Waals surface area (Å²) in [6.07, 6.45) is 1.52. The molecule has 2 aliphatic rings. The fourth-order valence-electron chi connectivity index (χ4n) is 4.09. The standard InChI is InChI=1S/C21H17FN4O5/c1-10-5-12-6-15(31-14(12)7-23-10)21(19(28)24-20(29)25-21)9-26-8-11-3-4-13(30-2)17(22)16(11)18(26)27/h3-7H,8-9H2,1-2H3,(H2,24,25,28,29)/t21-/m0/s1. The number of pyridine rings is 1. The number of aromatic nitrogens is 1. The topological polar surface area (TPSA) is 114 Å². The van der Waals surface area contributed by atoms with Gasteiger partial charge in [-0.15, -0.1) is 0 Å². The van der Waals surface area contributed by atoms with Crippen LogP contribution in [0.5, 0.6) is 5.75 Å². The second-order valence-corrected chi connectivity index (χ2v) is 7.56. The van der Waals surface area contributed by atoms with Crippen LogP contribution in [-0.2, 0) is 16.9 Å². The number of benzene rings is 1. The van der Waals surface area contributed by atoms with E-state index < -0.39 is 29.2 Å². The molecule has 1 saturated heterocycles. The van der Waals surface area contributed by atoms with Crippen molar-refractivity contribution >= 4 is 28.8 Å². The predicted molar refractivity (Wildman–Crippen MR) is 105 cm³/mol. The molecule has 4 heterocycles. The molecule has 31 heavy (non-hydrogen) atoms. The Morgan fingerprint density at radius 1 is 1.29 bits per heavy atom. The van der Waals surface area contributed by atoms with Crippen molar-refractivity contribution in [2.45, 2.75) is 19.0 Å². The molecule has 2 aromatic heterocycles. The first-order valence-corrected chi connectivity index (χ1v) is 9.47. The number of nitrogens with zero attached hydrogens (tertiary/aromatic N) is 2. The van der Waals surface area contributed by atoms with E-state index in [0.29, 0.717) is 16.5 Å². The van der Waals surface area contributed by atoms with E-state index in [2.05, 4.69) is 15.6 Å². The molecule has 5 rings (SSSR count). The van der Waals surface area contributed by atoms with Crippen molar-refractivity contribution in [1.82, 2.24) is 20.5 Å². The highest BCUT2D eigenvalue weighted by molar-refractivity contribution is 6.08. The number of imide groups is 1. The fraction of sp³-hybridized carbons (Fsp3) is 0.238. The minimum absolute atomic E-state index is 0.0456. The van der Waals surface area contributed by atoms with Gasteiger partial charge in [-0.05, 0) is 30.7 Å². The Balaban J connectivity index is 1.56. The van der Waals surface area contributed by atoms with E-state index in [1.807, 2.05) is 6.92 Å². The first-order valence-electron chi connectivity index (χ1n) is 9.47. The van der Waals surface area contributed by atoms with Gasteiger partial charge in [-0.3, -0.25) is 19.9 Å². The smallest absolute Gasteiger partial charge is 0.322 e. The summed E-state index contributed by atoms with van der Waals surface area (Å²) in [4.78, 5) is 43.4. The maximum Gasteiger partial charge on any atom is 0.322 e. The van der Waals surface area contributed by atoms with Crippen molar-refractivity contribution in [2.24, 2.45) is 0 Å². The monoisotopic (exact) mass is 424 g/mol. The number of rotatable bonds is 4. The second-order valence-electron chi connectivity index (χ2n) is 7.56. The summed E-state index contributed by atoms with van der Waals surface area (Å²) in [5.74, 6) is -1.92. The van der Waals surface area contributed by atoms with Gasteiger partial charge >= 0.3 is 6.03 Å². The van der Waals surface area contributed by atoms with Gasteiger partial charge in [-0.25, -0.2) is 9.18 Å². The molecule has 9 nitrogen and oxygen atoms in total. The van der Waals surface area contributed by atoms with Gasteiger partial charge in [0.15, 0.2) is 22.7 Å². The minimum atomic E-state index is -1.66. The molecule has 4 amide bonds. The first-order chi connectivity index (χ1) is 14.8. The average molecular weight is 424 g/mol. The number of carbonyl (C=O) groups excluding carboxylic acids is 3. The van der Waals surface area contributed by atoms with E-state index in [1.165, 1.54) is 24.3 Å². The number of ether oxygens (including phenoxy) is 1. The molecule has 3 aromatic rings. The highest BCUT2D eigenvalue weighted by Gasteiger charge is 2.53. The second kappa shape index (κ2) is 6.53. The predicted octanol–water partition coefficient (Wildman–Crippen LogP) is 1.97. The maximum absolute atomic E-state index is 14.7. The Morgan fingerprint density at radius 2 is 2.10 bits per heavy atom. The molecular formula is C21H17FN4O5. The van der Waals surface area contributed by atoms with Gasteiger partial charge in [0.1, 0.15) is 5.76 Å². The van der Waals surface area contributed by atoms with Gasteiger partial charge in [0.25, 0.3) is 11.8 Å². The van der Waals surface area contributed by atoms with E-state index in [4.69, 9.17) is 9.15 Å². The van der Waals surface area contributed by atoms with Crippen molar-refractivity contribution in [3.63, 3.8) is 0 Å². The number of hydrogen-bond donors (Lipinski definition) is 2. The van der Waals surface area contributed by atoms with Crippen molar-refractivity contribution in [2.75, 3.05) is 13.7 Å². The van der Waals surface area contributed by atoms with Crippen molar-refractivity contribution in [3.05, 3.63) is 58.9 Å². The third-order valence-corrected chi connectivity index (χ3v) is 5.61. The quantitative estimate of drug-likeness (QED) is 0.619. The Morgan fingerprint density at radius 3 is 2.81 bits per heavy atom. The van der Waals surface area contributed by atoms with Crippen LogP contribution in [0.4, 0.5) is 9.18 Å². The number of urea groups is 1. The van der Waals surface area contributed by atoms with Crippen molar-refractivity contribution < 1.29 is 27.9 Å². The number of furan rings is 1. The van der Waals surface area contributed by atoms with Crippen LogP contribution in [0, 0.1) is 12.7 Å². The van der Waals surface area contributed by atoms with Gasteiger partial charge in [0.05, 0.1) is 25.4 Å². The third kappa shape index (κ3) is 2.75. The number of carbonyl (C=O) groups is 3. The molecule has 2 aliphatic heterocycles. The first kappa shape index (κ1) is 19.0. The molecule has 2 N–H and O–H groups in total. The Labute approximate surface area is 175 Å². The van der Waals surface area contributed by atoms with Gasteiger partial charge < -0.3 is 19.4 Å². The highest BCUT2D eigenvalue weighted by atomic mass is 19.1. The molecule has 1 atom stereocenters. The summed E-state index contributed by atoms with van der Waals surface area (Å²) in [7, 11) is 1.31. The van der Waals surface area contributed by atoms with E-state index in [-0.39, 0.29) is 30.2 Å². The van der Waals surface area contributed by atoms with E-state index >= 15 is 0 Å². The molecule has 0 aliphatic carbocycles. The minimum Gasteiger partial charge on any atom is -0.494 e. The molecule has 1 fully saturated rings. The van der Waals surface area contributed by atoms with Crippen molar-refractivity contribution in [1.29, 1.82) is 0 Å². The molecular weight excluding hydrogens is 407 g/mol. The van der Waals surface area contributed by atoms with Gasteiger partial charge in [-0.2, -0.15) is 0 Å². The van der Waals surface area contributed by atoms with Crippen LogP contribution in [0.2, 0.25) is 0 Å².